The Balaban J connectivity index is 1.53. The fourth-order valence-corrected chi connectivity index (χ4v) is 3.68. The lowest BCUT2D eigenvalue weighted by Gasteiger charge is -2.11. The van der Waals surface area contributed by atoms with Crippen molar-refractivity contribution in [1.82, 2.24) is 19.9 Å². The second-order valence-electron chi connectivity index (χ2n) is 7.22. The number of hydrogen-bond donors (Lipinski definition) is 2. The van der Waals surface area contributed by atoms with E-state index in [1.165, 1.54) is 0 Å². The number of aryl methyl sites for hydroxylation is 2. The van der Waals surface area contributed by atoms with Crippen LogP contribution in [-0.4, -0.2) is 33.5 Å². The highest BCUT2D eigenvalue weighted by Gasteiger charge is 2.15. The minimum Gasteiger partial charge on any atom is -0.355 e. The maximum atomic E-state index is 12.5. The Morgan fingerprint density at radius 2 is 1.87 bits per heavy atom. The van der Waals surface area contributed by atoms with Gasteiger partial charge in [0.1, 0.15) is 0 Å². The van der Waals surface area contributed by atoms with Crippen LogP contribution >= 0.6 is 0 Å². The summed E-state index contributed by atoms with van der Waals surface area (Å²) in [6.45, 7) is 3.97. The standard InChI is InChI=1S/C23H23N5O2/c1-14-18(15(2)28-22(25-14)19-9-4-5-10-20(19)27-28)11-12-21(29)26-17-8-6-7-16(13-17)23(30)24-3/h4-10,13H,11-12H2,1-3H3,(H,24,30)(H,26,29). The van der Waals surface area contributed by atoms with Crippen molar-refractivity contribution in [3.63, 3.8) is 0 Å². The van der Waals surface area contributed by atoms with Crippen molar-refractivity contribution in [3.05, 3.63) is 71.0 Å². The lowest BCUT2D eigenvalue weighted by Crippen LogP contribution is -2.18. The first-order chi connectivity index (χ1) is 14.5. The van der Waals surface area contributed by atoms with E-state index in [1.54, 1.807) is 31.3 Å². The number of benzene rings is 2. The van der Waals surface area contributed by atoms with Gasteiger partial charge in [0.05, 0.1) is 5.52 Å². The molecule has 0 radical (unpaired) electrons. The van der Waals surface area contributed by atoms with E-state index in [2.05, 4.69) is 15.7 Å². The van der Waals surface area contributed by atoms with Crippen LogP contribution in [0.25, 0.3) is 16.6 Å². The number of nitrogens with one attached hydrogen (secondary N) is 2. The van der Waals surface area contributed by atoms with Gasteiger partial charge in [-0.15, -0.1) is 0 Å². The third kappa shape index (κ3) is 3.61. The highest BCUT2D eigenvalue weighted by atomic mass is 16.2. The zero-order valence-electron chi connectivity index (χ0n) is 17.2. The van der Waals surface area contributed by atoms with E-state index in [9.17, 15) is 9.59 Å². The van der Waals surface area contributed by atoms with E-state index < -0.39 is 0 Å². The van der Waals surface area contributed by atoms with Gasteiger partial charge in [0.15, 0.2) is 5.65 Å². The van der Waals surface area contributed by atoms with Crippen LogP contribution in [0.3, 0.4) is 0 Å². The van der Waals surface area contributed by atoms with E-state index in [0.29, 0.717) is 24.1 Å². The summed E-state index contributed by atoms with van der Waals surface area (Å²) in [5.41, 5.74) is 5.75. The summed E-state index contributed by atoms with van der Waals surface area (Å²) >= 11 is 0. The van der Waals surface area contributed by atoms with Gasteiger partial charge in [0.25, 0.3) is 5.91 Å². The molecule has 152 valence electrons. The van der Waals surface area contributed by atoms with E-state index in [4.69, 9.17) is 4.98 Å². The molecule has 2 aromatic carbocycles. The smallest absolute Gasteiger partial charge is 0.251 e. The van der Waals surface area contributed by atoms with Crippen LogP contribution in [0.5, 0.6) is 0 Å². The van der Waals surface area contributed by atoms with Crippen molar-refractivity contribution in [2.75, 3.05) is 12.4 Å². The van der Waals surface area contributed by atoms with Gasteiger partial charge >= 0.3 is 0 Å². The Labute approximate surface area is 174 Å². The number of anilines is 1. The first-order valence-electron chi connectivity index (χ1n) is 9.83. The lowest BCUT2D eigenvalue weighted by molar-refractivity contribution is -0.116. The molecular weight excluding hydrogens is 378 g/mol. The van der Waals surface area contributed by atoms with E-state index in [-0.39, 0.29) is 11.8 Å². The summed E-state index contributed by atoms with van der Waals surface area (Å²) < 4.78 is 1.86. The highest BCUT2D eigenvalue weighted by molar-refractivity contribution is 5.97. The lowest BCUT2D eigenvalue weighted by atomic mass is 10.1. The summed E-state index contributed by atoms with van der Waals surface area (Å²) in [7, 11) is 1.58. The zero-order valence-corrected chi connectivity index (χ0v) is 17.2. The molecule has 0 spiro atoms. The molecule has 7 heteroatoms. The SMILES string of the molecule is CNC(=O)c1cccc(NC(=O)CCc2c(C)nc3c4ccccc4nn3c2C)c1. The Morgan fingerprint density at radius 1 is 1.07 bits per heavy atom. The molecule has 7 nitrogen and oxygen atoms in total. The molecule has 0 bridgehead atoms. The fraction of sp³-hybridized carbons (Fsp3) is 0.217. The minimum atomic E-state index is -0.191. The molecule has 4 aromatic rings. The molecule has 30 heavy (non-hydrogen) atoms. The van der Waals surface area contributed by atoms with Crippen LogP contribution in [0.2, 0.25) is 0 Å². The van der Waals surface area contributed by atoms with Crippen LogP contribution in [0.4, 0.5) is 5.69 Å². The molecule has 0 atom stereocenters. The summed E-state index contributed by atoms with van der Waals surface area (Å²) in [4.78, 5) is 29.0. The van der Waals surface area contributed by atoms with Crippen molar-refractivity contribution < 1.29 is 9.59 Å². The van der Waals surface area contributed by atoms with Gasteiger partial charge in [-0.2, -0.15) is 5.10 Å². The van der Waals surface area contributed by atoms with Gasteiger partial charge in [0, 0.05) is 41.5 Å². The maximum absolute atomic E-state index is 12.5. The molecule has 0 aliphatic rings. The number of fused-ring (bicyclic) bond motifs is 3. The third-order valence-corrected chi connectivity index (χ3v) is 5.26. The molecule has 0 aliphatic heterocycles. The maximum Gasteiger partial charge on any atom is 0.251 e. The zero-order chi connectivity index (χ0) is 21.3. The second kappa shape index (κ2) is 7.94. The van der Waals surface area contributed by atoms with Crippen LogP contribution < -0.4 is 10.6 Å². The van der Waals surface area contributed by atoms with Gasteiger partial charge < -0.3 is 10.6 Å². The number of rotatable bonds is 5. The molecule has 0 saturated heterocycles. The number of carbonyl (C=O) groups is 2. The van der Waals surface area contributed by atoms with E-state index in [1.807, 2.05) is 42.6 Å². The fourth-order valence-electron chi connectivity index (χ4n) is 3.68. The summed E-state index contributed by atoms with van der Waals surface area (Å²) in [5, 5.41) is 11.1. The number of carbonyl (C=O) groups excluding carboxylic acids is 2. The minimum absolute atomic E-state index is 0.117. The molecule has 0 aliphatic carbocycles. The Hall–Kier alpha value is -3.74. The average Bonchev–Trinajstić information content (AvgIpc) is 3.12. The number of hydrogen-bond acceptors (Lipinski definition) is 4. The van der Waals surface area contributed by atoms with Gasteiger partial charge in [-0.25, -0.2) is 9.50 Å². The highest BCUT2D eigenvalue weighted by Crippen LogP contribution is 2.23. The molecule has 2 amide bonds. The monoisotopic (exact) mass is 401 g/mol. The molecule has 2 aromatic heterocycles. The average molecular weight is 401 g/mol. The Bertz CT molecular complexity index is 1280. The van der Waals surface area contributed by atoms with Crippen LogP contribution in [0.1, 0.15) is 33.7 Å². The molecule has 0 fully saturated rings. The number of nitrogens with zero attached hydrogens (tertiary/aromatic N) is 3. The Kier molecular flexibility index (Phi) is 5.18. The predicted octanol–water partition coefficient (Wildman–Crippen LogP) is 3.43. The first kappa shape index (κ1) is 19.6. The van der Waals surface area contributed by atoms with E-state index >= 15 is 0 Å². The van der Waals surface area contributed by atoms with Gasteiger partial charge in [-0.3, -0.25) is 9.59 Å². The molecule has 2 N–H and O–H groups in total. The first-order valence-corrected chi connectivity index (χ1v) is 9.83. The van der Waals surface area contributed by atoms with Crippen LogP contribution in [-0.2, 0) is 11.2 Å². The van der Waals surface area contributed by atoms with Crippen molar-refractivity contribution >= 4 is 34.1 Å². The van der Waals surface area contributed by atoms with Crippen LogP contribution in [0.15, 0.2) is 48.5 Å². The number of aromatic nitrogens is 3. The van der Waals surface area contributed by atoms with Crippen LogP contribution in [0, 0.1) is 13.8 Å². The molecule has 2 heterocycles. The Morgan fingerprint density at radius 3 is 2.67 bits per heavy atom. The van der Waals surface area contributed by atoms with Crippen molar-refractivity contribution in [1.29, 1.82) is 0 Å². The van der Waals surface area contributed by atoms with Gasteiger partial charge in [-0.05, 0) is 56.2 Å². The molecular formula is C23H23N5O2. The molecule has 4 rings (SSSR count). The summed E-state index contributed by atoms with van der Waals surface area (Å²) in [5.74, 6) is -0.308. The normalized spacial score (nSPS) is 11.0. The summed E-state index contributed by atoms with van der Waals surface area (Å²) in [6.07, 6.45) is 0.859. The third-order valence-electron chi connectivity index (χ3n) is 5.26. The van der Waals surface area contributed by atoms with Crippen molar-refractivity contribution in [2.45, 2.75) is 26.7 Å². The van der Waals surface area contributed by atoms with Crippen molar-refractivity contribution in [3.8, 4) is 0 Å². The number of amides is 2. The second-order valence-corrected chi connectivity index (χ2v) is 7.22. The van der Waals surface area contributed by atoms with Crippen molar-refractivity contribution in [2.24, 2.45) is 0 Å². The molecule has 0 unspecified atom stereocenters. The van der Waals surface area contributed by atoms with Gasteiger partial charge in [0.2, 0.25) is 5.91 Å². The largest absolute Gasteiger partial charge is 0.355 e. The predicted molar refractivity (Wildman–Crippen MR) is 117 cm³/mol. The summed E-state index contributed by atoms with van der Waals surface area (Å²) in [6, 6.07) is 14.8. The van der Waals surface area contributed by atoms with E-state index in [0.717, 1.165) is 33.5 Å². The quantitative estimate of drug-likeness (QED) is 0.536. The van der Waals surface area contributed by atoms with Gasteiger partial charge in [-0.1, -0.05) is 18.2 Å². The topological polar surface area (TPSA) is 88.4 Å². The molecule has 0 saturated carbocycles.